The molecule has 2 amide bonds. The number of carbonyl (C=O) groups is 2. The van der Waals surface area contributed by atoms with Crippen LogP contribution in [0.2, 0.25) is 0 Å². The molecule has 0 saturated heterocycles. The molecular formula is C33H32N4O5S2. The highest BCUT2D eigenvalue weighted by Gasteiger charge is 2.28. The number of nitrogens with zero attached hydrogens (tertiary/aromatic N) is 1. The number of rotatable bonds is 9. The van der Waals surface area contributed by atoms with E-state index in [1.165, 1.54) is 11.3 Å². The fourth-order valence-electron chi connectivity index (χ4n) is 5.21. The summed E-state index contributed by atoms with van der Waals surface area (Å²) in [5, 5.41) is 16.0. The van der Waals surface area contributed by atoms with Crippen molar-refractivity contribution in [2.75, 3.05) is 10.6 Å². The number of aliphatic carboxylic acids is 1. The van der Waals surface area contributed by atoms with Crippen LogP contribution in [0.3, 0.4) is 0 Å². The maximum Gasteiger partial charge on any atom is 0.325 e. The second kappa shape index (κ2) is 12.6. The smallest absolute Gasteiger partial charge is 0.325 e. The molecule has 0 fully saturated rings. The molecule has 4 aromatic carbocycles. The fraction of sp³-hybridized carbons (Fsp3) is 0.182. The van der Waals surface area contributed by atoms with E-state index in [1.54, 1.807) is 44.2 Å². The molecule has 0 bridgehead atoms. The van der Waals surface area contributed by atoms with E-state index in [2.05, 4.69) is 20.3 Å². The summed E-state index contributed by atoms with van der Waals surface area (Å²) in [5.41, 5.74) is 6.92. The van der Waals surface area contributed by atoms with Crippen LogP contribution in [-0.2, 0) is 21.2 Å². The molecule has 1 atom stereocenters. The van der Waals surface area contributed by atoms with Crippen LogP contribution in [0.4, 0.5) is 15.6 Å². The van der Waals surface area contributed by atoms with Crippen LogP contribution < -0.4 is 15.4 Å². The van der Waals surface area contributed by atoms with Crippen LogP contribution in [0, 0.1) is 27.7 Å². The van der Waals surface area contributed by atoms with Gasteiger partial charge in [-0.2, -0.15) is 4.72 Å². The summed E-state index contributed by atoms with van der Waals surface area (Å²) in [7, 11) is -4.07. The molecule has 0 aliphatic carbocycles. The molecule has 5 aromatic rings. The quantitative estimate of drug-likeness (QED) is 0.141. The van der Waals surface area contributed by atoms with Gasteiger partial charge in [0, 0.05) is 5.69 Å². The first-order chi connectivity index (χ1) is 20.9. The van der Waals surface area contributed by atoms with Gasteiger partial charge in [0.15, 0.2) is 5.13 Å². The number of carboxylic acids is 1. The third-order valence-corrected chi connectivity index (χ3v) is 9.79. The first kappa shape index (κ1) is 30.9. The Kier molecular flexibility index (Phi) is 8.82. The van der Waals surface area contributed by atoms with Gasteiger partial charge in [-0.15, -0.1) is 0 Å². The Balaban J connectivity index is 1.25. The molecule has 44 heavy (non-hydrogen) atoms. The Bertz CT molecular complexity index is 1960. The lowest BCUT2D eigenvalue weighted by molar-refractivity contribution is -0.138. The predicted octanol–water partition coefficient (Wildman–Crippen LogP) is 6.82. The second-order valence-corrected chi connectivity index (χ2v) is 13.5. The number of hydrogen-bond acceptors (Lipinski definition) is 6. The number of amides is 2. The number of benzene rings is 4. The van der Waals surface area contributed by atoms with Crippen molar-refractivity contribution in [2.45, 2.75) is 45.1 Å². The zero-order chi connectivity index (χ0) is 31.6. The minimum atomic E-state index is -4.07. The number of urea groups is 1. The van der Waals surface area contributed by atoms with Crippen molar-refractivity contribution in [3.8, 4) is 11.1 Å². The topological polar surface area (TPSA) is 137 Å². The van der Waals surface area contributed by atoms with E-state index in [4.69, 9.17) is 0 Å². The lowest BCUT2D eigenvalue weighted by Gasteiger charge is -2.18. The number of aromatic nitrogens is 1. The lowest BCUT2D eigenvalue weighted by Crippen LogP contribution is -2.42. The van der Waals surface area contributed by atoms with Gasteiger partial charge in [0.2, 0.25) is 10.0 Å². The van der Waals surface area contributed by atoms with Crippen molar-refractivity contribution < 1.29 is 23.1 Å². The fourth-order valence-corrected chi connectivity index (χ4v) is 7.81. The monoisotopic (exact) mass is 628 g/mol. The molecule has 4 N–H and O–H groups in total. The van der Waals surface area contributed by atoms with Crippen LogP contribution >= 0.6 is 11.3 Å². The zero-order valence-electron chi connectivity index (χ0n) is 24.6. The van der Waals surface area contributed by atoms with Gasteiger partial charge in [0.1, 0.15) is 6.04 Å². The van der Waals surface area contributed by atoms with Crippen LogP contribution in [0.15, 0.2) is 83.8 Å². The van der Waals surface area contributed by atoms with E-state index in [0.29, 0.717) is 27.5 Å². The summed E-state index contributed by atoms with van der Waals surface area (Å²) in [4.78, 5) is 29.3. The van der Waals surface area contributed by atoms with Crippen molar-refractivity contribution in [3.05, 3.63) is 107 Å². The maximum absolute atomic E-state index is 13.2. The molecular weight excluding hydrogens is 597 g/mol. The molecule has 0 unspecified atom stereocenters. The molecule has 1 aromatic heterocycles. The Morgan fingerprint density at radius 3 is 2.23 bits per heavy atom. The first-order valence-electron chi connectivity index (χ1n) is 13.9. The van der Waals surface area contributed by atoms with Crippen molar-refractivity contribution in [1.82, 2.24) is 9.71 Å². The minimum Gasteiger partial charge on any atom is -0.480 e. The SMILES string of the molecule is Cc1cc(C)c(S(=O)(=O)N[C@@H](Cc2ccc(-c3cccc(NC(=O)Nc4nc5ccc(C)cc5s4)c3)cc2)C(=O)O)c(C)c1. The summed E-state index contributed by atoms with van der Waals surface area (Å²) < 4.78 is 29.7. The summed E-state index contributed by atoms with van der Waals surface area (Å²) in [6, 6.07) is 22.2. The summed E-state index contributed by atoms with van der Waals surface area (Å²) in [6.45, 7) is 7.28. The maximum atomic E-state index is 13.2. The Morgan fingerprint density at radius 2 is 1.55 bits per heavy atom. The minimum absolute atomic E-state index is 0.0358. The Labute approximate surface area is 260 Å². The van der Waals surface area contributed by atoms with Crippen molar-refractivity contribution in [3.63, 3.8) is 0 Å². The number of thiazole rings is 1. The van der Waals surface area contributed by atoms with Crippen LogP contribution in [-0.4, -0.2) is 36.6 Å². The van der Waals surface area contributed by atoms with Crippen molar-refractivity contribution >= 4 is 54.4 Å². The summed E-state index contributed by atoms with van der Waals surface area (Å²) in [6.07, 6.45) is -0.0358. The Hall–Kier alpha value is -4.58. The number of nitrogens with one attached hydrogen (secondary N) is 3. The number of sulfonamides is 1. The van der Waals surface area contributed by atoms with E-state index >= 15 is 0 Å². The van der Waals surface area contributed by atoms with E-state index in [9.17, 15) is 23.1 Å². The molecule has 1 heterocycles. The average Bonchev–Trinajstić information content (AvgIpc) is 3.33. The van der Waals surface area contributed by atoms with Gasteiger partial charge in [-0.25, -0.2) is 18.2 Å². The van der Waals surface area contributed by atoms with E-state index < -0.39 is 28.1 Å². The molecule has 226 valence electrons. The largest absolute Gasteiger partial charge is 0.480 e. The first-order valence-corrected chi connectivity index (χ1v) is 16.2. The van der Waals surface area contributed by atoms with Gasteiger partial charge in [0.25, 0.3) is 0 Å². The number of fused-ring (bicyclic) bond motifs is 1. The average molecular weight is 629 g/mol. The number of aryl methyl sites for hydroxylation is 4. The third kappa shape index (κ3) is 7.13. The van der Waals surface area contributed by atoms with Gasteiger partial charge in [-0.1, -0.05) is 71.5 Å². The predicted molar refractivity (Wildman–Crippen MR) is 175 cm³/mol. The van der Waals surface area contributed by atoms with Gasteiger partial charge in [-0.05, 0) is 91.8 Å². The molecule has 0 radical (unpaired) electrons. The van der Waals surface area contributed by atoms with E-state index in [0.717, 1.165) is 32.5 Å². The Morgan fingerprint density at radius 1 is 0.841 bits per heavy atom. The third-order valence-electron chi connectivity index (χ3n) is 7.08. The van der Waals surface area contributed by atoms with Crippen LogP contribution in [0.5, 0.6) is 0 Å². The highest BCUT2D eigenvalue weighted by atomic mass is 32.2. The number of carbonyl (C=O) groups excluding carboxylic acids is 1. The lowest BCUT2D eigenvalue weighted by atomic mass is 10.0. The molecule has 0 aliphatic rings. The molecule has 0 spiro atoms. The van der Waals surface area contributed by atoms with Crippen LogP contribution in [0.25, 0.3) is 21.3 Å². The standard InChI is InChI=1S/C33H32N4O5S2/c1-19-8-13-27-29(16-19)43-33(35-27)36-32(40)34-26-7-5-6-25(18-26)24-11-9-23(10-12-24)17-28(31(38)39)37-44(41,42)30-21(3)14-20(2)15-22(30)4/h5-16,18,28,37H,17H2,1-4H3,(H,38,39)(H2,34,35,36,40)/t28-/m0/s1. The number of carboxylic acid groups (broad SMARTS) is 1. The molecule has 5 rings (SSSR count). The summed E-state index contributed by atoms with van der Waals surface area (Å²) >= 11 is 1.40. The zero-order valence-corrected chi connectivity index (χ0v) is 26.3. The number of hydrogen-bond donors (Lipinski definition) is 4. The van der Waals surface area contributed by atoms with Crippen molar-refractivity contribution in [2.24, 2.45) is 0 Å². The van der Waals surface area contributed by atoms with E-state index in [1.807, 2.05) is 62.4 Å². The van der Waals surface area contributed by atoms with Crippen LogP contribution in [0.1, 0.15) is 27.8 Å². The number of anilines is 2. The molecule has 0 aliphatic heterocycles. The van der Waals surface area contributed by atoms with Gasteiger partial charge in [0.05, 0.1) is 15.1 Å². The summed E-state index contributed by atoms with van der Waals surface area (Å²) in [5.74, 6) is -1.27. The van der Waals surface area contributed by atoms with Gasteiger partial charge >= 0.3 is 12.0 Å². The van der Waals surface area contributed by atoms with Crippen molar-refractivity contribution in [1.29, 1.82) is 0 Å². The molecule has 0 saturated carbocycles. The highest BCUT2D eigenvalue weighted by molar-refractivity contribution is 7.89. The van der Waals surface area contributed by atoms with E-state index in [-0.39, 0.29) is 11.3 Å². The molecule has 9 nitrogen and oxygen atoms in total. The normalized spacial score (nSPS) is 12.2. The molecule has 11 heteroatoms. The highest BCUT2D eigenvalue weighted by Crippen LogP contribution is 2.28. The van der Waals surface area contributed by atoms with Gasteiger partial charge in [-0.3, -0.25) is 10.1 Å². The van der Waals surface area contributed by atoms with Gasteiger partial charge < -0.3 is 10.4 Å². The second-order valence-electron chi connectivity index (χ2n) is 10.8.